The lowest BCUT2D eigenvalue weighted by molar-refractivity contribution is 0.125. The molecule has 0 aromatic rings. The van der Waals surface area contributed by atoms with Crippen molar-refractivity contribution >= 4 is 6.09 Å². The standard InChI is InChI=1S/C7H11NO3/c1-3-5-11-7(10)8-6(9)4-2/h3-4,6,9H,1-2,5H2,(H,8,10). The number of aliphatic hydroxyl groups excluding tert-OH is 1. The Balaban J connectivity index is 3.51. The molecule has 0 saturated carbocycles. The summed E-state index contributed by atoms with van der Waals surface area (Å²) in [5.41, 5.74) is 0. The molecule has 11 heavy (non-hydrogen) atoms. The highest BCUT2D eigenvalue weighted by atomic mass is 16.5. The lowest BCUT2D eigenvalue weighted by atomic mass is 10.5. The van der Waals surface area contributed by atoms with Gasteiger partial charge in [-0.05, 0) is 6.08 Å². The van der Waals surface area contributed by atoms with E-state index < -0.39 is 12.3 Å². The first kappa shape index (κ1) is 9.71. The van der Waals surface area contributed by atoms with Gasteiger partial charge in [-0.3, -0.25) is 5.32 Å². The maximum atomic E-state index is 10.6. The SMILES string of the molecule is C=CCOC(=O)NC(O)C=C. The fraction of sp³-hybridized carbons (Fsp3) is 0.286. The maximum absolute atomic E-state index is 10.6. The molecule has 0 rings (SSSR count). The minimum atomic E-state index is -1.06. The second kappa shape index (κ2) is 5.49. The molecule has 0 aliphatic rings. The Morgan fingerprint density at radius 1 is 1.73 bits per heavy atom. The fourth-order valence-electron chi connectivity index (χ4n) is 0.356. The first-order chi connectivity index (χ1) is 5.20. The number of hydrogen-bond donors (Lipinski definition) is 2. The summed E-state index contributed by atoms with van der Waals surface area (Å²) in [6.45, 7) is 6.72. The molecule has 0 aliphatic heterocycles. The quantitative estimate of drug-likeness (QED) is 0.459. The Labute approximate surface area is 65.2 Å². The van der Waals surface area contributed by atoms with Gasteiger partial charge in [-0.25, -0.2) is 4.79 Å². The van der Waals surface area contributed by atoms with Crippen LogP contribution >= 0.6 is 0 Å². The van der Waals surface area contributed by atoms with Gasteiger partial charge in [0.2, 0.25) is 0 Å². The van der Waals surface area contributed by atoms with Gasteiger partial charge in [-0.2, -0.15) is 0 Å². The maximum Gasteiger partial charge on any atom is 0.409 e. The molecular formula is C7H11NO3. The van der Waals surface area contributed by atoms with E-state index in [9.17, 15) is 4.79 Å². The summed E-state index contributed by atoms with van der Waals surface area (Å²) >= 11 is 0. The van der Waals surface area contributed by atoms with Crippen molar-refractivity contribution < 1.29 is 14.6 Å². The van der Waals surface area contributed by atoms with Crippen LogP contribution in [0.2, 0.25) is 0 Å². The number of hydrogen-bond acceptors (Lipinski definition) is 3. The minimum Gasteiger partial charge on any atom is -0.445 e. The van der Waals surface area contributed by atoms with Crippen LogP contribution in [0.15, 0.2) is 25.3 Å². The van der Waals surface area contributed by atoms with Crippen LogP contribution in [0.5, 0.6) is 0 Å². The molecule has 0 fully saturated rings. The van der Waals surface area contributed by atoms with E-state index in [-0.39, 0.29) is 6.61 Å². The van der Waals surface area contributed by atoms with E-state index in [2.05, 4.69) is 23.2 Å². The van der Waals surface area contributed by atoms with Crippen LogP contribution in [0.1, 0.15) is 0 Å². The van der Waals surface area contributed by atoms with Crippen molar-refractivity contribution in [2.75, 3.05) is 6.61 Å². The van der Waals surface area contributed by atoms with Gasteiger partial charge in [-0.15, -0.1) is 0 Å². The number of carbonyl (C=O) groups excluding carboxylic acids is 1. The van der Waals surface area contributed by atoms with Gasteiger partial charge in [0.15, 0.2) is 0 Å². The second-order valence-electron chi connectivity index (χ2n) is 1.71. The number of aliphatic hydroxyl groups is 1. The minimum absolute atomic E-state index is 0.121. The average Bonchev–Trinajstić information content (AvgIpc) is 2.00. The third-order valence-electron chi connectivity index (χ3n) is 0.821. The summed E-state index contributed by atoms with van der Waals surface area (Å²) in [6, 6.07) is 0. The summed E-state index contributed by atoms with van der Waals surface area (Å²) in [5, 5.41) is 10.9. The van der Waals surface area contributed by atoms with Crippen molar-refractivity contribution in [2.45, 2.75) is 6.23 Å². The summed E-state index contributed by atoms with van der Waals surface area (Å²) < 4.78 is 4.49. The molecule has 2 N–H and O–H groups in total. The second-order valence-corrected chi connectivity index (χ2v) is 1.71. The van der Waals surface area contributed by atoms with E-state index in [1.54, 1.807) is 0 Å². The van der Waals surface area contributed by atoms with Crippen LogP contribution < -0.4 is 5.32 Å². The highest BCUT2D eigenvalue weighted by Crippen LogP contribution is 1.81. The first-order valence-corrected chi connectivity index (χ1v) is 3.05. The van der Waals surface area contributed by atoms with Crippen molar-refractivity contribution in [3.63, 3.8) is 0 Å². The topological polar surface area (TPSA) is 58.6 Å². The number of ether oxygens (including phenoxy) is 1. The molecule has 0 heterocycles. The molecule has 0 aliphatic carbocycles. The van der Waals surface area contributed by atoms with Gasteiger partial charge < -0.3 is 9.84 Å². The van der Waals surface area contributed by atoms with Crippen molar-refractivity contribution in [2.24, 2.45) is 0 Å². The summed E-state index contributed by atoms with van der Waals surface area (Å²) in [5.74, 6) is 0. The van der Waals surface area contributed by atoms with Gasteiger partial charge in [0.25, 0.3) is 0 Å². The molecule has 0 aromatic heterocycles. The third kappa shape index (κ3) is 5.17. The zero-order chi connectivity index (χ0) is 8.69. The van der Waals surface area contributed by atoms with Crippen LogP contribution in [-0.4, -0.2) is 24.0 Å². The first-order valence-electron chi connectivity index (χ1n) is 3.05. The predicted octanol–water partition coefficient (Wildman–Crippen LogP) is 0.403. The molecule has 62 valence electrons. The van der Waals surface area contributed by atoms with Gasteiger partial charge in [0.05, 0.1) is 0 Å². The van der Waals surface area contributed by atoms with Crippen molar-refractivity contribution in [3.8, 4) is 0 Å². The molecule has 0 spiro atoms. The molecule has 0 bridgehead atoms. The molecule has 0 radical (unpaired) electrons. The van der Waals surface area contributed by atoms with Gasteiger partial charge in [0, 0.05) is 0 Å². The lowest BCUT2D eigenvalue weighted by Gasteiger charge is -2.07. The molecule has 4 heteroatoms. The smallest absolute Gasteiger partial charge is 0.409 e. The summed E-state index contributed by atoms with van der Waals surface area (Å²) in [4.78, 5) is 10.6. The number of amides is 1. The predicted molar refractivity (Wildman–Crippen MR) is 40.9 cm³/mol. The summed E-state index contributed by atoms with van der Waals surface area (Å²) in [7, 11) is 0. The van der Waals surface area contributed by atoms with Crippen LogP contribution in [0.3, 0.4) is 0 Å². The van der Waals surface area contributed by atoms with Gasteiger partial charge in [0.1, 0.15) is 12.8 Å². The van der Waals surface area contributed by atoms with Crippen LogP contribution in [0, 0.1) is 0 Å². The van der Waals surface area contributed by atoms with E-state index in [1.165, 1.54) is 12.2 Å². The number of rotatable bonds is 4. The van der Waals surface area contributed by atoms with E-state index >= 15 is 0 Å². The van der Waals surface area contributed by atoms with Crippen LogP contribution in [0.4, 0.5) is 4.79 Å². The molecule has 1 amide bonds. The largest absolute Gasteiger partial charge is 0.445 e. The fourth-order valence-corrected chi connectivity index (χ4v) is 0.356. The van der Waals surface area contributed by atoms with E-state index in [4.69, 9.17) is 5.11 Å². The monoisotopic (exact) mass is 157 g/mol. The van der Waals surface area contributed by atoms with Gasteiger partial charge in [-0.1, -0.05) is 19.2 Å². The molecule has 4 nitrogen and oxygen atoms in total. The Morgan fingerprint density at radius 3 is 2.82 bits per heavy atom. The Bertz CT molecular complexity index is 156. The zero-order valence-corrected chi connectivity index (χ0v) is 6.12. The molecule has 0 aromatic carbocycles. The van der Waals surface area contributed by atoms with Crippen molar-refractivity contribution in [3.05, 3.63) is 25.3 Å². The number of nitrogens with one attached hydrogen (secondary N) is 1. The number of carbonyl (C=O) groups is 1. The normalized spacial score (nSPS) is 11.4. The Kier molecular flexibility index (Phi) is 4.85. The Morgan fingerprint density at radius 2 is 2.36 bits per heavy atom. The van der Waals surface area contributed by atoms with Gasteiger partial charge >= 0.3 is 6.09 Å². The Hall–Kier alpha value is -1.29. The highest BCUT2D eigenvalue weighted by Gasteiger charge is 2.03. The van der Waals surface area contributed by atoms with E-state index in [1.807, 2.05) is 0 Å². The summed E-state index contributed by atoms with van der Waals surface area (Å²) in [6.07, 6.45) is 0.847. The number of alkyl carbamates (subject to hydrolysis) is 1. The third-order valence-corrected chi connectivity index (χ3v) is 0.821. The highest BCUT2D eigenvalue weighted by molar-refractivity contribution is 5.67. The van der Waals surface area contributed by atoms with E-state index in [0.29, 0.717) is 0 Å². The van der Waals surface area contributed by atoms with E-state index in [0.717, 1.165) is 0 Å². The van der Waals surface area contributed by atoms with Crippen LogP contribution in [-0.2, 0) is 4.74 Å². The molecule has 0 saturated heterocycles. The van der Waals surface area contributed by atoms with Crippen molar-refractivity contribution in [1.29, 1.82) is 0 Å². The van der Waals surface area contributed by atoms with Crippen LogP contribution in [0.25, 0.3) is 0 Å². The van der Waals surface area contributed by atoms with Crippen molar-refractivity contribution in [1.82, 2.24) is 5.32 Å². The average molecular weight is 157 g/mol. The lowest BCUT2D eigenvalue weighted by Crippen LogP contribution is -2.33. The molecule has 1 unspecified atom stereocenters. The molecule has 1 atom stereocenters. The molecular weight excluding hydrogens is 146 g/mol. The zero-order valence-electron chi connectivity index (χ0n) is 6.12.